The van der Waals surface area contributed by atoms with Crippen molar-refractivity contribution in [1.82, 2.24) is 20.6 Å². The third-order valence-electron chi connectivity index (χ3n) is 3.95. The van der Waals surface area contributed by atoms with Crippen LogP contribution in [-0.4, -0.2) is 35.2 Å². The van der Waals surface area contributed by atoms with E-state index < -0.39 is 12.5 Å². The van der Waals surface area contributed by atoms with Crippen molar-refractivity contribution in [3.8, 4) is 5.75 Å². The molecular weight excluding hydrogens is 318 g/mol. The fourth-order valence-electron chi connectivity index (χ4n) is 2.87. The van der Waals surface area contributed by atoms with Crippen molar-refractivity contribution in [2.45, 2.75) is 25.8 Å². The highest BCUT2D eigenvalue weighted by molar-refractivity contribution is 5.86. The van der Waals surface area contributed by atoms with Crippen LogP contribution in [0.25, 0.3) is 11.0 Å². The van der Waals surface area contributed by atoms with Crippen molar-refractivity contribution in [3.05, 3.63) is 30.1 Å². The molecule has 1 aromatic heterocycles. The molecule has 2 N–H and O–H groups in total. The Morgan fingerprint density at radius 1 is 1.29 bits per heavy atom. The molecule has 0 bridgehead atoms. The third kappa shape index (κ3) is 3.59. The van der Waals surface area contributed by atoms with Crippen LogP contribution < -0.4 is 15.4 Å². The number of piperidine rings is 1. The standard InChI is InChI=1S/C16H18F2N4O2/c1-9-6-10(8-19-7-9)22-16(23)24-12-3-2-11(15(17)18)13-14(12)21-5-4-20-13/h2-5,9-10,15,19H,6-8H2,1H3,(H,22,23). The lowest BCUT2D eigenvalue weighted by molar-refractivity contribution is 0.153. The van der Waals surface area contributed by atoms with Crippen LogP contribution in [0.2, 0.25) is 0 Å². The Balaban J connectivity index is 1.77. The van der Waals surface area contributed by atoms with E-state index in [1.807, 2.05) is 0 Å². The summed E-state index contributed by atoms with van der Waals surface area (Å²) >= 11 is 0. The van der Waals surface area contributed by atoms with Crippen LogP contribution >= 0.6 is 0 Å². The SMILES string of the molecule is CC1CNCC(NC(=O)Oc2ccc(C(F)F)c3nccnc23)C1. The number of aromatic nitrogens is 2. The molecule has 24 heavy (non-hydrogen) atoms. The van der Waals surface area contributed by atoms with E-state index in [4.69, 9.17) is 4.74 Å². The molecule has 8 heteroatoms. The van der Waals surface area contributed by atoms with Gasteiger partial charge in [-0.3, -0.25) is 4.98 Å². The first-order chi connectivity index (χ1) is 11.5. The van der Waals surface area contributed by atoms with Crippen molar-refractivity contribution < 1.29 is 18.3 Å². The molecule has 2 unspecified atom stereocenters. The molecular formula is C16H18F2N4O2. The fraction of sp³-hybridized carbons (Fsp3) is 0.438. The molecule has 2 heterocycles. The van der Waals surface area contributed by atoms with Gasteiger partial charge >= 0.3 is 6.09 Å². The molecule has 0 aliphatic carbocycles. The molecule has 1 fully saturated rings. The Morgan fingerprint density at radius 3 is 2.75 bits per heavy atom. The Bertz CT molecular complexity index is 741. The summed E-state index contributed by atoms with van der Waals surface area (Å²) in [6.45, 7) is 3.69. The van der Waals surface area contributed by atoms with Gasteiger partial charge in [0, 0.05) is 30.5 Å². The van der Waals surface area contributed by atoms with Gasteiger partial charge in [-0.25, -0.2) is 18.6 Å². The number of benzene rings is 1. The minimum Gasteiger partial charge on any atom is -0.408 e. The van der Waals surface area contributed by atoms with E-state index in [-0.39, 0.29) is 28.4 Å². The van der Waals surface area contributed by atoms with Gasteiger partial charge in [0.25, 0.3) is 6.43 Å². The normalized spacial score (nSPS) is 21.0. The van der Waals surface area contributed by atoms with Gasteiger partial charge in [0.1, 0.15) is 11.0 Å². The van der Waals surface area contributed by atoms with E-state index in [2.05, 4.69) is 27.5 Å². The highest BCUT2D eigenvalue weighted by Crippen LogP contribution is 2.31. The number of nitrogens with one attached hydrogen (secondary N) is 2. The largest absolute Gasteiger partial charge is 0.412 e. The zero-order valence-corrected chi connectivity index (χ0v) is 13.1. The Labute approximate surface area is 137 Å². The fourth-order valence-corrected chi connectivity index (χ4v) is 2.87. The lowest BCUT2D eigenvalue weighted by Crippen LogP contribution is -2.49. The molecule has 6 nitrogen and oxygen atoms in total. The number of carbonyl (C=O) groups excluding carboxylic acids is 1. The number of carbonyl (C=O) groups is 1. The van der Waals surface area contributed by atoms with Crippen LogP contribution in [0, 0.1) is 5.92 Å². The van der Waals surface area contributed by atoms with Gasteiger partial charge in [-0.05, 0) is 31.0 Å². The quantitative estimate of drug-likeness (QED) is 0.901. The van der Waals surface area contributed by atoms with E-state index in [0.717, 1.165) is 13.0 Å². The average Bonchev–Trinajstić information content (AvgIpc) is 2.54. The molecule has 2 aromatic rings. The van der Waals surface area contributed by atoms with Crippen LogP contribution in [0.4, 0.5) is 13.6 Å². The summed E-state index contributed by atoms with van der Waals surface area (Å²) in [6.07, 6.45) is 0.240. The number of hydrogen-bond acceptors (Lipinski definition) is 5. The van der Waals surface area contributed by atoms with Crippen molar-refractivity contribution >= 4 is 17.1 Å². The van der Waals surface area contributed by atoms with E-state index in [0.29, 0.717) is 12.5 Å². The van der Waals surface area contributed by atoms with Gasteiger partial charge < -0.3 is 15.4 Å². The molecule has 128 valence electrons. The number of ether oxygens (including phenoxy) is 1. The van der Waals surface area contributed by atoms with Gasteiger partial charge in [-0.1, -0.05) is 6.92 Å². The molecule has 1 amide bonds. The summed E-state index contributed by atoms with van der Waals surface area (Å²) in [5.74, 6) is 0.567. The van der Waals surface area contributed by atoms with Gasteiger partial charge in [0.15, 0.2) is 5.75 Å². The lowest BCUT2D eigenvalue weighted by atomic mass is 9.98. The van der Waals surface area contributed by atoms with Crippen molar-refractivity contribution in [2.75, 3.05) is 13.1 Å². The van der Waals surface area contributed by atoms with E-state index in [9.17, 15) is 13.6 Å². The molecule has 0 spiro atoms. The summed E-state index contributed by atoms with van der Waals surface area (Å²) in [4.78, 5) is 20.0. The number of amides is 1. The summed E-state index contributed by atoms with van der Waals surface area (Å²) in [5, 5.41) is 6.01. The van der Waals surface area contributed by atoms with Crippen molar-refractivity contribution in [3.63, 3.8) is 0 Å². The number of rotatable bonds is 3. The van der Waals surface area contributed by atoms with Crippen molar-refractivity contribution in [1.29, 1.82) is 0 Å². The maximum atomic E-state index is 13.0. The third-order valence-corrected chi connectivity index (χ3v) is 3.95. The van der Waals surface area contributed by atoms with Crippen LogP contribution in [0.3, 0.4) is 0 Å². The molecule has 1 aliphatic heterocycles. The molecule has 0 radical (unpaired) electrons. The lowest BCUT2D eigenvalue weighted by Gasteiger charge is -2.28. The Kier molecular flexibility index (Phi) is 4.84. The first-order valence-electron chi connectivity index (χ1n) is 7.75. The van der Waals surface area contributed by atoms with E-state index in [1.165, 1.54) is 24.5 Å². The zero-order chi connectivity index (χ0) is 17.1. The molecule has 3 rings (SSSR count). The predicted octanol–water partition coefficient (Wildman–Crippen LogP) is 2.65. The first kappa shape index (κ1) is 16.5. The predicted molar refractivity (Wildman–Crippen MR) is 84.1 cm³/mol. The first-order valence-corrected chi connectivity index (χ1v) is 7.75. The van der Waals surface area contributed by atoms with Crippen LogP contribution in [0.5, 0.6) is 5.75 Å². The van der Waals surface area contributed by atoms with Crippen LogP contribution in [0.1, 0.15) is 25.3 Å². The van der Waals surface area contributed by atoms with Crippen LogP contribution in [-0.2, 0) is 0 Å². The Hall–Kier alpha value is -2.35. The molecule has 1 aliphatic rings. The van der Waals surface area contributed by atoms with Gasteiger partial charge in [0.2, 0.25) is 0 Å². The maximum absolute atomic E-state index is 13.0. The summed E-state index contributed by atoms with van der Waals surface area (Å²) < 4.78 is 31.4. The number of hydrogen-bond donors (Lipinski definition) is 2. The van der Waals surface area contributed by atoms with Crippen LogP contribution in [0.15, 0.2) is 24.5 Å². The van der Waals surface area contributed by atoms with Gasteiger partial charge in [-0.15, -0.1) is 0 Å². The number of halogens is 2. The highest BCUT2D eigenvalue weighted by atomic mass is 19.3. The second-order valence-electron chi connectivity index (χ2n) is 5.94. The average molecular weight is 336 g/mol. The van der Waals surface area contributed by atoms with Gasteiger partial charge in [0.05, 0.1) is 0 Å². The number of nitrogens with zero attached hydrogens (tertiary/aromatic N) is 2. The minimum atomic E-state index is -2.68. The van der Waals surface area contributed by atoms with E-state index >= 15 is 0 Å². The number of alkyl halides is 2. The highest BCUT2D eigenvalue weighted by Gasteiger charge is 2.22. The summed E-state index contributed by atoms with van der Waals surface area (Å²) in [6, 6.07) is 2.49. The second kappa shape index (κ2) is 7.04. The zero-order valence-electron chi connectivity index (χ0n) is 13.1. The Morgan fingerprint density at radius 2 is 2.04 bits per heavy atom. The molecule has 1 aromatic carbocycles. The monoisotopic (exact) mass is 336 g/mol. The van der Waals surface area contributed by atoms with Crippen molar-refractivity contribution in [2.24, 2.45) is 5.92 Å². The number of fused-ring (bicyclic) bond motifs is 1. The minimum absolute atomic E-state index is 0.0288. The second-order valence-corrected chi connectivity index (χ2v) is 5.94. The molecule has 2 atom stereocenters. The molecule has 1 saturated heterocycles. The maximum Gasteiger partial charge on any atom is 0.412 e. The smallest absolute Gasteiger partial charge is 0.408 e. The van der Waals surface area contributed by atoms with E-state index in [1.54, 1.807) is 0 Å². The topological polar surface area (TPSA) is 76.1 Å². The molecule has 0 saturated carbocycles. The summed E-state index contributed by atoms with van der Waals surface area (Å²) in [5.41, 5.74) is -0.0671. The summed E-state index contributed by atoms with van der Waals surface area (Å²) in [7, 11) is 0. The van der Waals surface area contributed by atoms with Gasteiger partial charge in [-0.2, -0.15) is 0 Å².